The molecular weight excluding hydrogens is 1110 g/mol. The maximum absolute atomic E-state index is 12.0. The van der Waals surface area contributed by atoms with Crippen LogP contribution in [0, 0.1) is 0 Å². The summed E-state index contributed by atoms with van der Waals surface area (Å²) in [6.45, 7) is 1.23. The van der Waals surface area contributed by atoms with Gasteiger partial charge in [-0.15, -0.1) is 0 Å². The number of hydrogen-bond donors (Lipinski definition) is 2. The lowest BCUT2D eigenvalue weighted by molar-refractivity contribution is -0.138. The van der Waals surface area contributed by atoms with Gasteiger partial charge in [-0.1, -0.05) is 98.3 Å². The van der Waals surface area contributed by atoms with Crippen molar-refractivity contribution in [2.24, 2.45) is 4.99 Å². The Hall–Kier alpha value is -6.57. The number of rotatable bonds is 12. The molecule has 2 N–H and O–H groups in total. The lowest BCUT2D eigenvalue weighted by Crippen LogP contribution is -2.43. The van der Waals surface area contributed by atoms with E-state index in [1.807, 2.05) is 7.05 Å². The van der Waals surface area contributed by atoms with E-state index < -0.39 is 36.1 Å². The van der Waals surface area contributed by atoms with Gasteiger partial charge < -0.3 is 19.5 Å². The van der Waals surface area contributed by atoms with Crippen LogP contribution in [-0.2, 0) is 41.7 Å². The van der Waals surface area contributed by atoms with Crippen LogP contribution >= 0.6 is 68.1 Å². The highest BCUT2D eigenvalue weighted by Crippen LogP contribution is 2.22. The number of nitrogens with zero attached hydrogens (tertiary/aromatic N) is 7. The number of amides is 6. The molecule has 5 heterocycles. The predicted octanol–water partition coefficient (Wildman–Crippen LogP) is 3.03. The number of aliphatic imine (C=N–C) groups is 1. The van der Waals surface area contributed by atoms with Crippen LogP contribution in [0.15, 0.2) is 91.8 Å². The van der Waals surface area contributed by atoms with Crippen molar-refractivity contribution < 1.29 is 57.8 Å². The number of aromatic nitrogens is 1. The minimum atomic E-state index is -1.20. The Kier molecular flexibility index (Phi) is 21.6. The van der Waals surface area contributed by atoms with E-state index in [-0.39, 0.29) is 72.8 Å². The van der Waals surface area contributed by atoms with Crippen LogP contribution in [0.5, 0.6) is 0 Å². The van der Waals surface area contributed by atoms with E-state index in [0.717, 1.165) is 25.3 Å². The molecule has 70 heavy (non-hydrogen) atoms. The van der Waals surface area contributed by atoms with Crippen LogP contribution < -0.4 is 11.3 Å². The number of carboxylic acids is 2. The van der Waals surface area contributed by atoms with Gasteiger partial charge in [-0.25, -0.2) is 19.1 Å². The molecule has 6 amide bonds. The second-order valence-corrected chi connectivity index (χ2v) is 18.0. The maximum Gasteiger partial charge on any atom is 0.422 e. The summed E-state index contributed by atoms with van der Waals surface area (Å²) in [4.78, 5) is 133. The van der Waals surface area contributed by atoms with Gasteiger partial charge in [-0.05, 0) is 48.1 Å². The van der Waals surface area contributed by atoms with Crippen LogP contribution in [0.25, 0.3) is 11.0 Å². The number of fused-ring (bicyclic) bond motifs is 3. The van der Waals surface area contributed by atoms with E-state index in [1.165, 1.54) is 34.9 Å². The Bertz CT molecular complexity index is 2840. The predicted molar refractivity (Wildman–Crippen MR) is 269 cm³/mol. The fraction of sp³-hybridized carbons (Fsp3) is 0.295. The zero-order valence-electron chi connectivity index (χ0n) is 36.8. The van der Waals surface area contributed by atoms with Gasteiger partial charge in [-0.2, -0.15) is 0 Å². The molecule has 0 radical (unpaired) electrons. The summed E-state index contributed by atoms with van der Waals surface area (Å²) in [5.41, 5.74) is 1.85. The van der Waals surface area contributed by atoms with Gasteiger partial charge in [0.2, 0.25) is 23.8 Å². The van der Waals surface area contributed by atoms with E-state index >= 15 is 0 Å². The van der Waals surface area contributed by atoms with E-state index in [4.69, 9.17) is 39.1 Å². The molecule has 4 aromatic rings. The number of carboxylic acid groups (broad SMARTS) is 2. The van der Waals surface area contributed by atoms with Gasteiger partial charge in [-0.3, -0.25) is 62.8 Å². The van der Waals surface area contributed by atoms with Crippen LogP contribution in [0.4, 0.5) is 0 Å². The summed E-state index contributed by atoms with van der Waals surface area (Å²) < 4.78 is 6.58. The molecule has 8 rings (SSSR count). The molecule has 368 valence electrons. The zero-order chi connectivity index (χ0) is 51.7. The summed E-state index contributed by atoms with van der Waals surface area (Å²) in [6, 6.07) is 20.0. The number of likely N-dealkylation sites (N-methyl/N-ethyl adjacent to an activating group) is 1. The van der Waals surface area contributed by atoms with Crippen molar-refractivity contribution in [2.75, 3.05) is 62.7 Å². The van der Waals surface area contributed by atoms with Gasteiger partial charge >= 0.3 is 17.7 Å². The topological polar surface area (TPSA) is 275 Å². The van der Waals surface area contributed by atoms with Crippen LogP contribution in [0.1, 0.15) is 43.1 Å². The molecule has 0 bridgehead atoms. The Morgan fingerprint density at radius 2 is 1.30 bits per heavy atom. The van der Waals surface area contributed by atoms with Crippen molar-refractivity contribution in [1.29, 1.82) is 0 Å². The van der Waals surface area contributed by atoms with E-state index in [1.54, 1.807) is 70.5 Å². The average Bonchev–Trinajstić information content (AvgIpc) is 3.88. The molecule has 0 unspecified atom stereocenters. The van der Waals surface area contributed by atoms with Gasteiger partial charge in [0.25, 0.3) is 23.3 Å². The first-order valence-corrected chi connectivity index (χ1v) is 24.5. The van der Waals surface area contributed by atoms with Gasteiger partial charge in [0.15, 0.2) is 5.11 Å². The number of halogens is 2. The molecule has 0 spiro atoms. The molecule has 2 saturated heterocycles. The fourth-order valence-corrected chi connectivity index (χ4v) is 8.59. The van der Waals surface area contributed by atoms with Crippen molar-refractivity contribution >= 4 is 142 Å². The monoisotopic (exact) mass is 1150 g/mol. The molecule has 3 aromatic carbocycles. The highest BCUT2D eigenvalue weighted by Gasteiger charge is 2.36. The molecule has 0 aliphatic carbocycles. The molecule has 4 aliphatic heterocycles. The molecule has 2 fully saturated rings. The normalized spacial score (nSPS) is 14.6. The Labute approximate surface area is 429 Å². The molecule has 0 atom stereocenters. The SMILES string of the molecule is CN1CC(=O)N(CCBr)C1=S.O=C(O)CCN1C(=O)CSC1=S.O=C(O)CN1C(=O)c2ccccc2C1=O.O=C=NCCN1C(=O)Cc2ccccc2C1=O.O=c1oc2ccccc2c(=O)n1CCBr. The van der Waals surface area contributed by atoms with E-state index in [9.17, 15) is 52.7 Å². The molecular formula is C44H41Br2N7O14S3. The van der Waals surface area contributed by atoms with Crippen molar-refractivity contribution in [2.45, 2.75) is 19.4 Å². The highest BCUT2D eigenvalue weighted by atomic mass is 79.9. The van der Waals surface area contributed by atoms with Crippen LogP contribution in [-0.4, -0.2) is 165 Å². The third-order valence-corrected chi connectivity index (χ3v) is 12.5. The van der Waals surface area contributed by atoms with Gasteiger partial charge in [0, 0.05) is 49.5 Å². The summed E-state index contributed by atoms with van der Waals surface area (Å²) in [5, 5.41) is 19.3. The number of carbonyl (C=O) groups is 8. The minimum absolute atomic E-state index is 0.0492. The summed E-state index contributed by atoms with van der Waals surface area (Å²) in [6.07, 6.45) is 1.55. The third-order valence-electron chi connectivity index (χ3n) is 9.82. The minimum Gasteiger partial charge on any atom is -0.481 e. The van der Waals surface area contributed by atoms with Crippen molar-refractivity contribution in [3.63, 3.8) is 0 Å². The Morgan fingerprint density at radius 3 is 1.84 bits per heavy atom. The van der Waals surface area contributed by atoms with Crippen LogP contribution in [0.3, 0.4) is 0 Å². The number of aliphatic carboxylic acids is 2. The van der Waals surface area contributed by atoms with Crippen molar-refractivity contribution in [1.82, 2.24) is 29.1 Å². The van der Waals surface area contributed by atoms with E-state index in [0.29, 0.717) is 56.7 Å². The first-order valence-electron chi connectivity index (χ1n) is 20.5. The largest absolute Gasteiger partial charge is 0.481 e. The number of hydrogen-bond acceptors (Lipinski definition) is 16. The summed E-state index contributed by atoms with van der Waals surface area (Å²) in [5.74, 6) is -4.05. The first-order chi connectivity index (χ1) is 33.4. The third kappa shape index (κ3) is 14.7. The molecule has 26 heteroatoms. The number of carbonyl (C=O) groups excluding carboxylic acids is 7. The van der Waals surface area contributed by atoms with Gasteiger partial charge in [0.1, 0.15) is 16.4 Å². The number of alkyl halides is 2. The first kappa shape index (κ1) is 56.0. The fourth-order valence-electron chi connectivity index (χ4n) is 6.51. The standard InChI is InChI=1S/C12H10N2O3.C10H8BrNO3.C10H7NO4.C6H9BrN2OS.C6H7NO3S2/c15-8-13-5-6-14-11(16)7-9-3-1-2-4-10(9)12(14)17;11-5-6-12-9(13)7-3-1-2-4-8(7)15-10(12)14;12-8(13)5-11-9(14)6-3-1-2-4-7(6)10(11)15;1-8-4-5(10)9(3-2-7)6(8)11;8-4-3-12-6(11)7(4)2-1-5(9)10/h1-4H,5-7H2;1-4H,5-6H2;1-4H,5H2,(H,12,13);2-4H2,1H3;1-3H2,(H,9,10). The Balaban J connectivity index is 0.000000192. The van der Waals surface area contributed by atoms with Crippen LogP contribution in [0.2, 0.25) is 0 Å². The zero-order valence-corrected chi connectivity index (χ0v) is 42.4. The summed E-state index contributed by atoms with van der Waals surface area (Å²) >= 11 is 17.6. The molecule has 0 saturated carbocycles. The molecule has 21 nitrogen and oxygen atoms in total. The lowest BCUT2D eigenvalue weighted by Gasteiger charge is -2.25. The number of imide groups is 2. The number of para-hydroxylation sites is 1. The smallest absolute Gasteiger partial charge is 0.422 e. The summed E-state index contributed by atoms with van der Waals surface area (Å²) in [7, 11) is 1.83. The number of benzene rings is 3. The van der Waals surface area contributed by atoms with E-state index in [2.05, 4.69) is 36.9 Å². The molecule has 1 aromatic heterocycles. The quantitative estimate of drug-likeness (QED) is 0.0678. The highest BCUT2D eigenvalue weighted by molar-refractivity contribution is 9.09. The average molecular weight is 1150 g/mol. The second-order valence-electron chi connectivity index (χ2n) is 14.4. The number of thioether (sulfide) groups is 1. The van der Waals surface area contributed by atoms with Gasteiger partial charge in [0.05, 0.1) is 48.2 Å². The maximum atomic E-state index is 12.0. The molecule has 4 aliphatic rings. The second kappa shape index (κ2) is 27.0. The number of thiocarbonyl (C=S) groups is 2. The number of isocyanates is 1. The lowest BCUT2D eigenvalue weighted by atomic mass is 9.99. The van der Waals surface area contributed by atoms with Crippen molar-refractivity contribution in [3.05, 3.63) is 116 Å². The Morgan fingerprint density at radius 1 is 0.714 bits per heavy atom. The van der Waals surface area contributed by atoms with Crippen molar-refractivity contribution in [3.8, 4) is 0 Å².